The number of aryl methyl sites for hydroxylation is 2. The van der Waals surface area contributed by atoms with Crippen LogP contribution in [0, 0.1) is 13.8 Å². The van der Waals surface area contributed by atoms with Crippen LogP contribution in [0.25, 0.3) is 0 Å². The number of aromatic nitrogens is 1. The van der Waals surface area contributed by atoms with E-state index in [0.717, 1.165) is 31.2 Å². The second-order valence-electron chi connectivity index (χ2n) is 6.16. The van der Waals surface area contributed by atoms with Gasteiger partial charge in [-0.1, -0.05) is 47.8 Å². The average molecular weight is 369 g/mol. The SMILES string of the molecule is Cc1noc(C)c1S(=O)(=O)N1CCCCC[C@H]1c1ccccc1Cl. The fourth-order valence-electron chi connectivity index (χ4n) is 3.39. The van der Waals surface area contributed by atoms with Crippen molar-refractivity contribution in [3.63, 3.8) is 0 Å². The van der Waals surface area contributed by atoms with Crippen molar-refractivity contribution in [2.24, 2.45) is 0 Å². The first kappa shape index (κ1) is 17.5. The third-order valence-electron chi connectivity index (χ3n) is 4.50. The molecule has 1 aromatic carbocycles. The fourth-order valence-corrected chi connectivity index (χ4v) is 5.62. The zero-order valence-corrected chi connectivity index (χ0v) is 15.4. The Balaban J connectivity index is 2.10. The van der Waals surface area contributed by atoms with Crippen molar-refractivity contribution in [3.8, 4) is 0 Å². The molecule has 0 radical (unpaired) electrons. The third-order valence-corrected chi connectivity index (χ3v) is 7.00. The lowest BCUT2D eigenvalue weighted by Gasteiger charge is -2.30. The molecule has 24 heavy (non-hydrogen) atoms. The van der Waals surface area contributed by atoms with Crippen LogP contribution in [-0.4, -0.2) is 24.4 Å². The van der Waals surface area contributed by atoms with Gasteiger partial charge in [-0.25, -0.2) is 8.42 Å². The number of rotatable bonds is 3. The number of sulfonamides is 1. The topological polar surface area (TPSA) is 63.4 Å². The summed E-state index contributed by atoms with van der Waals surface area (Å²) in [5.74, 6) is 0.328. The molecular weight excluding hydrogens is 348 g/mol. The van der Waals surface area contributed by atoms with E-state index in [1.54, 1.807) is 18.2 Å². The molecule has 1 aliphatic rings. The summed E-state index contributed by atoms with van der Waals surface area (Å²) in [4.78, 5) is 0.182. The molecule has 1 fully saturated rings. The Labute approximate surface area is 147 Å². The van der Waals surface area contributed by atoms with Gasteiger partial charge in [0.05, 0.1) is 6.04 Å². The maximum Gasteiger partial charge on any atom is 0.249 e. The van der Waals surface area contributed by atoms with Gasteiger partial charge in [0.25, 0.3) is 0 Å². The van der Waals surface area contributed by atoms with Gasteiger partial charge >= 0.3 is 0 Å². The highest BCUT2D eigenvalue weighted by atomic mass is 35.5. The summed E-state index contributed by atoms with van der Waals surface area (Å²) in [5, 5.41) is 4.41. The van der Waals surface area contributed by atoms with E-state index in [2.05, 4.69) is 5.16 Å². The highest BCUT2D eigenvalue weighted by Crippen LogP contribution is 2.38. The smallest absolute Gasteiger partial charge is 0.249 e. The normalized spacial score (nSPS) is 20.0. The summed E-state index contributed by atoms with van der Waals surface area (Å²) < 4.78 is 33.3. The van der Waals surface area contributed by atoms with E-state index in [9.17, 15) is 8.42 Å². The van der Waals surface area contributed by atoms with Gasteiger partial charge in [-0.3, -0.25) is 0 Å². The van der Waals surface area contributed by atoms with Crippen LogP contribution in [0.5, 0.6) is 0 Å². The quantitative estimate of drug-likeness (QED) is 0.812. The molecule has 0 bridgehead atoms. The first-order valence-corrected chi connectivity index (χ1v) is 9.94. The predicted octanol–water partition coefficient (Wildman–Crippen LogP) is 4.25. The van der Waals surface area contributed by atoms with Crippen LogP contribution in [-0.2, 0) is 10.0 Å². The first-order chi connectivity index (χ1) is 11.4. The minimum absolute atomic E-state index is 0.182. The predicted molar refractivity (Wildman–Crippen MR) is 92.5 cm³/mol. The van der Waals surface area contributed by atoms with Crippen molar-refractivity contribution >= 4 is 21.6 Å². The monoisotopic (exact) mass is 368 g/mol. The van der Waals surface area contributed by atoms with E-state index in [1.165, 1.54) is 0 Å². The lowest BCUT2D eigenvalue weighted by Crippen LogP contribution is -2.35. The van der Waals surface area contributed by atoms with Crippen LogP contribution in [0.15, 0.2) is 33.7 Å². The molecule has 0 aliphatic carbocycles. The highest BCUT2D eigenvalue weighted by molar-refractivity contribution is 7.89. The van der Waals surface area contributed by atoms with E-state index < -0.39 is 10.0 Å². The zero-order valence-electron chi connectivity index (χ0n) is 13.8. The molecule has 7 heteroatoms. The van der Waals surface area contributed by atoms with E-state index in [1.807, 2.05) is 24.3 Å². The standard InChI is InChI=1S/C17H21ClN2O3S/c1-12-17(13(2)23-19-12)24(21,22)20-11-7-3-4-10-16(20)14-8-5-6-9-15(14)18/h5-6,8-9,16H,3-4,7,10-11H2,1-2H3/t16-/m0/s1. The van der Waals surface area contributed by atoms with Crippen molar-refractivity contribution in [1.82, 2.24) is 9.46 Å². The molecule has 1 aliphatic heterocycles. The van der Waals surface area contributed by atoms with Gasteiger partial charge < -0.3 is 4.52 Å². The summed E-state index contributed by atoms with van der Waals surface area (Å²) in [6, 6.07) is 7.21. The lowest BCUT2D eigenvalue weighted by atomic mass is 10.0. The Morgan fingerprint density at radius 2 is 1.96 bits per heavy atom. The molecule has 2 heterocycles. The van der Waals surface area contributed by atoms with Crippen molar-refractivity contribution < 1.29 is 12.9 Å². The van der Waals surface area contributed by atoms with Gasteiger partial charge in [0.15, 0.2) is 5.76 Å². The van der Waals surface area contributed by atoms with Crippen molar-refractivity contribution in [2.75, 3.05) is 6.54 Å². The van der Waals surface area contributed by atoms with Gasteiger partial charge in [0.2, 0.25) is 10.0 Å². The molecule has 2 aromatic rings. The Kier molecular flexibility index (Phi) is 4.99. The molecule has 0 unspecified atom stereocenters. The summed E-state index contributed by atoms with van der Waals surface area (Å²) in [7, 11) is -3.70. The number of benzene rings is 1. The number of halogens is 1. The van der Waals surface area contributed by atoms with E-state index in [0.29, 0.717) is 23.0 Å². The minimum atomic E-state index is -3.70. The van der Waals surface area contributed by atoms with Gasteiger partial charge in [0.1, 0.15) is 10.6 Å². The van der Waals surface area contributed by atoms with Gasteiger partial charge in [-0.2, -0.15) is 4.31 Å². The Bertz CT molecular complexity index is 813. The molecular formula is C17H21ClN2O3S. The van der Waals surface area contributed by atoms with E-state index in [4.69, 9.17) is 16.1 Å². The second kappa shape index (κ2) is 6.86. The summed E-state index contributed by atoms with van der Waals surface area (Å²) in [5.41, 5.74) is 1.26. The fraction of sp³-hybridized carbons (Fsp3) is 0.471. The minimum Gasteiger partial charge on any atom is -0.360 e. The lowest BCUT2D eigenvalue weighted by molar-refractivity contribution is 0.328. The maximum absolute atomic E-state index is 13.3. The average Bonchev–Trinajstić information content (AvgIpc) is 2.75. The summed E-state index contributed by atoms with van der Waals surface area (Å²) in [6.45, 7) is 3.77. The number of hydrogen-bond acceptors (Lipinski definition) is 4. The third kappa shape index (κ3) is 3.10. The molecule has 1 atom stereocenters. The van der Waals surface area contributed by atoms with Crippen LogP contribution in [0.4, 0.5) is 0 Å². The van der Waals surface area contributed by atoms with Crippen LogP contribution < -0.4 is 0 Å². The van der Waals surface area contributed by atoms with E-state index in [-0.39, 0.29) is 10.9 Å². The van der Waals surface area contributed by atoms with Crippen molar-refractivity contribution in [1.29, 1.82) is 0 Å². The molecule has 0 saturated carbocycles. The molecule has 1 aromatic heterocycles. The summed E-state index contributed by atoms with van der Waals surface area (Å²) >= 11 is 6.36. The molecule has 0 spiro atoms. The highest BCUT2D eigenvalue weighted by Gasteiger charge is 2.37. The first-order valence-electron chi connectivity index (χ1n) is 8.12. The Morgan fingerprint density at radius 3 is 2.62 bits per heavy atom. The Hall–Kier alpha value is -1.37. The van der Waals surface area contributed by atoms with E-state index >= 15 is 0 Å². The largest absolute Gasteiger partial charge is 0.360 e. The number of nitrogens with zero attached hydrogens (tertiary/aromatic N) is 2. The second-order valence-corrected chi connectivity index (χ2v) is 8.39. The van der Waals surface area contributed by atoms with Gasteiger partial charge in [0, 0.05) is 11.6 Å². The molecule has 3 rings (SSSR count). The summed E-state index contributed by atoms with van der Waals surface area (Å²) in [6.07, 6.45) is 3.58. The van der Waals surface area contributed by atoms with Gasteiger partial charge in [-0.05, 0) is 38.3 Å². The zero-order chi connectivity index (χ0) is 17.3. The van der Waals surface area contributed by atoms with Crippen molar-refractivity contribution in [3.05, 3.63) is 46.3 Å². The molecule has 0 amide bonds. The molecule has 1 saturated heterocycles. The van der Waals surface area contributed by atoms with Crippen LogP contribution in [0.2, 0.25) is 5.02 Å². The van der Waals surface area contributed by atoms with Crippen molar-refractivity contribution in [2.45, 2.75) is 50.5 Å². The molecule has 0 N–H and O–H groups in total. The molecule has 130 valence electrons. The van der Waals surface area contributed by atoms with Crippen LogP contribution >= 0.6 is 11.6 Å². The Morgan fingerprint density at radius 1 is 1.21 bits per heavy atom. The maximum atomic E-state index is 13.3. The molecule has 5 nitrogen and oxygen atoms in total. The van der Waals surface area contributed by atoms with Crippen LogP contribution in [0.1, 0.15) is 48.7 Å². The number of hydrogen-bond donors (Lipinski definition) is 0. The van der Waals surface area contributed by atoms with Crippen LogP contribution in [0.3, 0.4) is 0 Å². The van der Waals surface area contributed by atoms with Gasteiger partial charge in [-0.15, -0.1) is 0 Å².